The second kappa shape index (κ2) is 5.90. The van der Waals surface area contributed by atoms with Crippen molar-refractivity contribution in [3.8, 4) is 0 Å². The minimum Gasteiger partial charge on any atom is -0.550 e. The summed E-state index contributed by atoms with van der Waals surface area (Å²) in [4.78, 5) is 27.7. The maximum atomic E-state index is 13.2. The molecule has 1 spiro atoms. The number of carboxylic acid groups (broad SMARTS) is 1. The van der Waals surface area contributed by atoms with Gasteiger partial charge in [0, 0.05) is 30.4 Å². The van der Waals surface area contributed by atoms with Gasteiger partial charge >= 0.3 is 0 Å². The maximum Gasteiger partial charge on any atom is 0.232 e. The molecule has 3 fully saturated rings. The largest absolute Gasteiger partial charge is 0.550 e. The van der Waals surface area contributed by atoms with Crippen LogP contribution in [0.5, 0.6) is 0 Å². The van der Waals surface area contributed by atoms with Crippen molar-refractivity contribution in [2.24, 2.45) is 11.8 Å². The number of carbonyl (C=O) groups excluding carboxylic acids is 2. The van der Waals surface area contributed by atoms with E-state index in [4.69, 9.17) is 4.74 Å². The molecule has 7 nitrogen and oxygen atoms in total. The molecule has 5 aliphatic rings. The summed E-state index contributed by atoms with van der Waals surface area (Å²) in [5.41, 5.74) is 2.96. The monoisotopic (exact) mass is 396 g/mol. The van der Waals surface area contributed by atoms with E-state index >= 15 is 0 Å². The number of ether oxygens (including phenoxy) is 1. The molecule has 4 aliphatic heterocycles. The summed E-state index contributed by atoms with van der Waals surface area (Å²) >= 11 is 0. The Balaban J connectivity index is 1.59. The SMILES string of the molecule is O=C([O-])CC(=O)N1c2ccccc2[C@@]23CC[NH+]4CC5=CCOC(O)[C@@H]([C@H]12)[C@H]5C[C@H]43. The molecule has 0 aromatic heterocycles. The first kappa shape index (κ1) is 17.6. The van der Waals surface area contributed by atoms with E-state index in [0.717, 1.165) is 37.2 Å². The molecule has 1 aromatic carbocycles. The van der Waals surface area contributed by atoms with Gasteiger partial charge in [-0.25, -0.2) is 0 Å². The van der Waals surface area contributed by atoms with E-state index in [2.05, 4.69) is 12.1 Å². The third kappa shape index (κ3) is 2.13. The molecular formula is C22H24N2O5. The molecule has 6 rings (SSSR count). The lowest BCUT2D eigenvalue weighted by atomic mass is 9.55. The van der Waals surface area contributed by atoms with E-state index in [1.807, 2.05) is 18.2 Å². The van der Waals surface area contributed by atoms with Crippen LogP contribution in [-0.2, 0) is 19.7 Å². The first-order chi connectivity index (χ1) is 14.0. The van der Waals surface area contributed by atoms with Gasteiger partial charge in [0.1, 0.15) is 6.04 Å². The molecule has 2 N–H and O–H groups in total. The number of quaternary nitrogens is 1. The fourth-order valence-electron chi connectivity index (χ4n) is 7.34. The molecule has 7 heteroatoms. The highest BCUT2D eigenvalue weighted by molar-refractivity contribution is 6.05. The zero-order chi connectivity index (χ0) is 19.9. The average molecular weight is 396 g/mol. The van der Waals surface area contributed by atoms with E-state index in [-0.39, 0.29) is 23.3 Å². The first-order valence-corrected chi connectivity index (χ1v) is 10.5. The summed E-state index contributed by atoms with van der Waals surface area (Å²) in [5.74, 6) is -1.95. The second-order valence-electron chi connectivity index (χ2n) is 9.12. The second-order valence-corrected chi connectivity index (χ2v) is 9.12. The van der Waals surface area contributed by atoms with Gasteiger partial charge in [0.15, 0.2) is 6.29 Å². The predicted molar refractivity (Wildman–Crippen MR) is 99.8 cm³/mol. The van der Waals surface area contributed by atoms with Gasteiger partial charge in [0.25, 0.3) is 0 Å². The van der Waals surface area contributed by atoms with Crippen molar-refractivity contribution >= 4 is 17.6 Å². The summed E-state index contributed by atoms with van der Waals surface area (Å²) in [5, 5.41) is 22.3. The van der Waals surface area contributed by atoms with Crippen LogP contribution >= 0.6 is 0 Å². The number of fused-ring (bicyclic) bond motifs is 2. The molecule has 7 atom stereocenters. The number of carbonyl (C=O) groups is 2. The van der Waals surface area contributed by atoms with Crippen molar-refractivity contribution in [2.75, 3.05) is 24.6 Å². The van der Waals surface area contributed by atoms with Crippen molar-refractivity contribution in [1.29, 1.82) is 0 Å². The number of benzene rings is 1. The molecule has 2 saturated heterocycles. The van der Waals surface area contributed by atoms with Crippen molar-refractivity contribution in [3.05, 3.63) is 41.5 Å². The Kier molecular flexibility index (Phi) is 3.59. The van der Waals surface area contributed by atoms with Gasteiger partial charge in [0.2, 0.25) is 5.91 Å². The van der Waals surface area contributed by atoms with Crippen LogP contribution in [-0.4, -0.2) is 55.1 Å². The third-order valence-electron chi connectivity index (χ3n) is 8.18. The highest BCUT2D eigenvalue weighted by Gasteiger charge is 2.71. The number of hydrogen-bond donors (Lipinski definition) is 2. The molecule has 1 amide bonds. The van der Waals surface area contributed by atoms with Crippen LogP contribution < -0.4 is 14.9 Å². The van der Waals surface area contributed by atoms with Gasteiger partial charge in [-0.05, 0) is 17.2 Å². The van der Waals surface area contributed by atoms with E-state index < -0.39 is 24.6 Å². The lowest BCUT2D eigenvalue weighted by molar-refractivity contribution is -0.916. The lowest BCUT2D eigenvalue weighted by Crippen LogP contribution is -3.16. The van der Waals surface area contributed by atoms with E-state index in [0.29, 0.717) is 12.6 Å². The molecule has 2 bridgehead atoms. The molecule has 0 radical (unpaired) electrons. The average Bonchev–Trinajstić information content (AvgIpc) is 3.16. The van der Waals surface area contributed by atoms with Crippen molar-refractivity contribution < 1.29 is 29.4 Å². The minimum atomic E-state index is -1.37. The van der Waals surface area contributed by atoms with Gasteiger partial charge in [-0.2, -0.15) is 0 Å². The Morgan fingerprint density at radius 1 is 1.34 bits per heavy atom. The normalized spacial score (nSPS) is 41.3. The maximum absolute atomic E-state index is 13.2. The number of anilines is 1. The Bertz CT molecular complexity index is 945. The Hall–Kier alpha value is -2.22. The summed E-state index contributed by atoms with van der Waals surface area (Å²) in [7, 11) is 0. The minimum absolute atomic E-state index is 0.157. The summed E-state index contributed by atoms with van der Waals surface area (Å²) in [6, 6.07) is 7.95. The zero-order valence-electron chi connectivity index (χ0n) is 16.0. The smallest absolute Gasteiger partial charge is 0.232 e. The molecule has 1 saturated carbocycles. The van der Waals surface area contributed by atoms with Crippen LogP contribution in [0.2, 0.25) is 0 Å². The number of piperidine rings is 1. The Morgan fingerprint density at radius 2 is 2.17 bits per heavy atom. The lowest BCUT2D eigenvalue weighted by Gasteiger charge is -2.54. The summed E-state index contributed by atoms with van der Waals surface area (Å²) in [6.07, 6.45) is 2.37. The number of amides is 1. The molecule has 1 aliphatic carbocycles. The number of nitrogens with zero attached hydrogens (tertiary/aromatic N) is 1. The van der Waals surface area contributed by atoms with Crippen molar-refractivity contribution in [1.82, 2.24) is 0 Å². The molecule has 152 valence electrons. The van der Waals surface area contributed by atoms with Gasteiger partial charge in [-0.15, -0.1) is 0 Å². The molecule has 4 heterocycles. The van der Waals surface area contributed by atoms with Crippen LogP contribution in [0, 0.1) is 11.8 Å². The van der Waals surface area contributed by atoms with Crippen molar-refractivity contribution in [3.63, 3.8) is 0 Å². The number of rotatable bonds is 2. The van der Waals surface area contributed by atoms with Crippen LogP contribution in [0.25, 0.3) is 0 Å². The van der Waals surface area contributed by atoms with Crippen LogP contribution in [0.4, 0.5) is 5.69 Å². The zero-order valence-corrected chi connectivity index (χ0v) is 16.0. The van der Waals surface area contributed by atoms with Crippen molar-refractivity contribution in [2.45, 2.75) is 43.1 Å². The number of para-hydroxylation sites is 1. The Morgan fingerprint density at radius 3 is 3.00 bits per heavy atom. The third-order valence-corrected chi connectivity index (χ3v) is 8.18. The number of aliphatic hydroxyl groups is 1. The van der Waals surface area contributed by atoms with Gasteiger partial charge < -0.3 is 29.5 Å². The fourth-order valence-corrected chi connectivity index (χ4v) is 7.34. The highest BCUT2D eigenvalue weighted by atomic mass is 16.6. The van der Waals surface area contributed by atoms with Gasteiger partial charge in [0.05, 0.1) is 43.5 Å². The van der Waals surface area contributed by atoms with E-state index in [1.54, 1.807) is 4.90 Å². The predicted octanol–water partition coefficient (Wildman–Crippen LogP) is -1.64. The highest BCUT2D eigenvalue weighted by Crippen LogP contribution is 2.60. The fraction of sp³-hybridized carbons (Fsp3) is 0.545. The summed E-state index contributed by atoms with van der Waals surface area (Å²) < 4.78 is 5.75. The standard InChI is InChI=1S/C22H24N2O5/c25-17(10-18(26)27)24-15-4-2-1-3-14(15)22-6-7-23-11-12-5-8-29-21(28)19(20(22)24)13(12)9-16(22)23/h1-5,13,16,19-21,28H,6-11H2,(H,26,27)/t13-,16-,19+,20-,21?,22+/m0/s1. The molecule has 2 unspecified atom stereocenters. The van der Waals surface area contributed by atoms with Gasteiger partial charge in [-0.1, -0.05) is 24.3 Å². The topological polar surface area (TPSA) is 94.3 Å². The summed E-state index contributed by atoms with van der Waals surface area (Å²) in [6.45, 7) is 2.36. The molecule has 29 heavy (non-hydrogen) atoms. The number of carboxylic acids is 1. The molecular weight excluding hydrogens is 372 g/mol. The van der Waals surface area contributed by atoms with Crippen LogP contribution in [0.3, 0.4) is 0 Å². The number of nitrogens with one attached hydrogen (secondary N) is 1. The van der Waals surface area contributed by atoms with Gasteiger partial charge in [-0.3, -0.25) is 4.79 Å². The van der Waals surface area contributed by atoms with Crippen LogP contribution in [0.1, 0.15) is 24.8 Å². The van der Waals surface area contributed by atoms with E-state index in [1.165, 1.54) is 10.5 Å². The number of hydrogen-bond acceptors (Lipinski definition) is 5. The quantitative estimate of drug-likeness (QED) is 0.462. The first-order valence-electron chi connectivity index (χ1n) is 10.5. The van der Waals surface area contributed by atoms with Crippen LogP contribution in [0.15, 0.2) is 35.9 Å². The number of aliphatic carboxylic acids is 1. The van der Waals surface area contributed by atoms with E-state index in [9.17, 15) is 19.8 Å². The molecule has 1 aromatic rings. The Labute approximate surface area is 168 Å². The number of aliphatic hydroxyl groups excluding tert-OH is 1.